The fourth-order valence-corrected chi connectivity index (χ4v) is 1.69. The summed E-state index contributed by atoms with van der Waals surface area (Å²) < 4.78 is 62.6. The highest BCUT2D eigenvalue weighted by Crippen LogP contribution is 2.31. The Labute approximate surface area is 103 Å². The first kappa shape index (κ1) is 14.4. The summed E-state index contributed by atoms with van der Waals surface area (Å²) >= 11 is 2.82. The van der Waals surface area contributed by atoms with Gasteiger partial charge in [0.25, 0.3) is 0 Å². The van der Waals surface area contributed by atoms with Crippen LogP contribution >= 0.6 is 15.9 Å². The Morgan fingerprint density at radius 3 is 2.35 bits per heavy atom. The van der Waals surface area contributed by atoms with E-state index in [1.165, 1.54) is 0 Å². The van der Waals surface area contributed by atoms with Gasteiger partial charge < -0.3 is 5.73 Å². The van der Waals surface area contributed by atoms with Gasteiger partial charge in [-0.05, 0) is 34.5 Å². The highest BCUT2D eigenvalue weighted by atomic mass is 79.9. The molecule has 17 heavy (non-hydrogen) atoms. The van der Waals surface area contributed by atoms with E-state index in [4.69, 9.17) is 5.73 Å². The third kappa shape index (κ3) is 3.92. The van der Waals surface area contributed by atoms with Gasteiger partial charge in [0.15, 0.2) is 0 Å². The zero-order valence-electron chi connectivity index (χ0n) is 8.49. The molecule has 0 saturated heterocycles. The number of halogens is 6. The molecule has 0 heterocycles. The van der Waals surface area contributed by atoms with E-state index < -0.39 is 42.3 Å². The highest BCUT2D eigenvalue weighted by Gasteiger charge is 2.29. The van der Waals surface area contributed by atoms with Crippen LogP contribution in [0.5, 0.6) is 0 Å². The van der Waals surface area contributed by atoms with Gasteiger partial charge in [0.1, 0.15) is 11.6 Å². The SMILES string of the molecule is N[C@H](CCC(F)(F)F)c1c(F)ccc(Br)c1F. The van der Waals surface area contributed by atoms with Crippen molar-refractivity contribution in [1.29, 1.82) is 0 Å². The zero-order valence-corrected chi connectivity index (χ0v) is 10.1. The van der Waals surface area contributed by atoms with Crippen LogP contribution in [0.1, 0.15) is 24.4 Å². The molecule has 0 fully saturated rings. The monoisotopic (exact) mass is 317 g/mol. The minimum Gasteiger partial charge on any atom is -0.324 e. The van der Waals surface area contributed by atoms with Gasteiger partial charge in [0.05, 0.1) is 4.47 Å². The molecule has 0 spiro atoms. The standard InChI is InChI=1S/C10H9BrF5N/c11-5-1-2-6(12)8(9(5)13)7(17)3-4-10(14,15)16/h1-2,7H,3-4,17H2/t7-/m1/s1. The van der Waals surface area contributed by atoms with Crippen molar-refractivity contribution >= 4 is 15.9 Å². The molecule has 1 nitrogen and oxygen atoms in total. The molecule has 0 aromatic heterocycles. The maximum absolute atomic E-state index is 13.5. The summed E-state index contributed by atoms with van der Waals surface area (Å²) in [5.41, 5.74) is 4.85. The van der Waals surface area contributed by atoms with Crippen molar-refractivity contribution in [3.05, 3.63) is 33.8 Å². The van der Waals surface area contributed by atoms with Crippen LogP contribution < -0.4 is 5.73 Å². The first-order valence-electron chi connectivity index (χ1n) is 4.68. The fourth-order valence-electron chi connectivity index (χ4n) is 1.35. The summed E-state index contributed by atoms with van der Waals surface area (Å²) in [6.45, 7) is 0. The predicted octanol–water partition coefficient (Wildman–Crippen LogP) is 4.07. The van der Waals surface area contributed by atoms with Crippen molar-refractivity contribution in [1.82, 2.24) is 0 Å². The molecule has 0 aliphatic heterocycles. The summed E-state index contributed by atoms with van der Waals surface area (Å²) in [6, 6.07) is 0.759. The molecular formula is C10H9BrF5N. The van der Waals surface area contributed by atoms with Crippen LogP contribution in [-0.4, -0.2) is 6.18 Å². The number of nitrogens with two attached hydrogens (primary N) is 1. The number of hydrogen-bond acceptors (Lipinski definition) is 1. The Balaban J connectivity index is 2.89. The highest BCUT2D eigenvalue weighted by molar-refractivity contribution is 9.10. The first-order valence-corrected chi connectivity index (χ1v) is 5.47. The van der Waals surface area contributed by atoms with E-state index in [1.54, 1.807) is 0 Å². The van der Waals surface area contributed by atoms with Crippen LogP contribution in [0, 0.1) is 11.6 Å². The molecular weight excluding hydrogens is 309 g/mol. The predicted molar refractivity (Wildman–Crippen MR) is 56.3 cm³/mol. The zero-order chi connectivity index (χ0) is 13.2. The van der Waals surface area contributed by atoms with Crippen molar-refractivity contribution in [3.63, 3.8) is 0 Å². The summed E-state index contributed by atoms with van der Waals surface area (Å²) in [5, 5.41) is 0. The Morgan fingerprint density at radius 2 is 1.82 bits per heavy atom. The maximum atomic E-state index is 13.5. The third-order valence-electron chi connectivity index (χ3n) is 2.19. The Bertz CT molecular complexity index is 404. The summed E-state index contributed by atoms with van der Waals surface area (Å²) in [4.78, 5) is 0. The van der Waals surface area contributed by atoms with Crippen LogP contribution in [0.3, 0.4) is 0 Å². The average Bonchev–Trinajstić information content (AvgIpc) is 2.20. The van der Waals surface area contributed by atoms with E-state index >= 15 is 0 Å². The van der Waals surface area contributed by atoms with Gasteiger partial charge in [0, 0.05) is 18.0 Å². The van der Waals surface area contributed by atoms with Crippen LogP contribution in [-0.2, 0) is 0 Å². The van der Waals surface area contributed by atoms with Crippen LogP contribution in [0.15, 0.2) is 16.6 Å². The third-order valence-corrected chi connectivity index (χ3v) is 2.80. The number of alkyl halides is 3. The largest absolute Gasteiger partial charge is 0.389 e. The molecule has 0 aliphatic carbocycles. The molecule has 0 bridgehead atoms. The van der Waals surface area contributed by atoms with E-state index in [-0.39, 0.29) is 4.47 Å². The van der Waals surface area contributed by atoms with Gasteiger partial charge in [0.2, 0.25) is 0 Å². The van der Waals surface area contributed by atoms with Gasteiger partial charge in [-0.1, -0.05) is 0 Å². The average molecular weight is 318 g/mol. The molecule has 0 aliphatic rings. The Morgan fingerprint density at radius 1 is 1.24 bits per heavy atom. The van der Waals surface area contributed by atoms with Crippen molar-refractivity contribution < 1.29 is 22.0 Å². The van der Waals surface area contributed by atoms with E-state index in [0.717, 1.165) is 12.1 Å². The molecule has 0 amide bonds. The second-order valence-electron chi connectivity index (χ2n) is 3.52. The number of benzene rings is 1. The van der Waals surface area contributed by atoms with Crippen LogP contribution in [0.4, 0.5) is 22.0 Å². The summed E-state index contributed by atoms with van der Waals surface area (Å²) in [6.07, 6.45) is -6.13. The van der Waals surface area contributed by atoms with E-state index in [9.17, 15) is 22.0 Å². The molecule has 0 saturated carbocycles. The van der Waals surface area contributed by atoms with Gasteiger partial charge in [-0.3, -0.25) is 0 Å². The lowest BCUT2D eigenvalue weighted by Gasteiger charge is -2.15. The molecule has 1 aromatic rings. The van der Waals surface area contributed by atoms with Crippen molar-refractivity contribution in [2.75, 3.05) is 0 Å². The minimum atomic E-state index is -4.39. The van der Waals surface area contributed by atoms with Crippen molar-refractivity contribution in [2.45, 2.75) is 25.1 Å². The lowest BCUT2D eigenvalue weighted by atomic mass is 10.0. The topological polar surface area (TPSA) is 26.0 Å². The number of hydrogen-bond donors (Lipinski definition) is 1. The smallest absolute Gasteiger partial charge is 0.324 e. The molecule has 1 rings (SSSR count). The van der Waals surface area contributed by atoms with Crippen LogP contribution in [0.2, 0.25) is 0 Å². The molecule has 1 aromatic carbocycles. The molecule has 0 unspecified atom stereocenters. The number of rotatable bonds is 3. The normalized spacial score (nSPS) is 13.8. The maximum Gasteiger partial charge on any atom is 0.389 e. The van der Waals surface area contributed by atoms with Gasteiger partial charge >= 0.3 is 6.18 Å². The summed E-state index contributed by atoms with van der Waals surface area (Å²) in [5.74, 6) is -1.90. The second kappa shape index (κ2) is 5.30. The molecule has 1 atom stereocenters. The summed E-state index contributed by atoms with van der Waals surface area (Å²) in [7, 11) is 0. The molecule has 2 N–H and O–H groups in total. The Hall–Kier alpha value is -0.690. The van der Waals surface area contributed by atoms with Crippen molar-refractivity contribution in [2.24, 2.45) is 5.73 Å². The molecule has 7 heteroatoms. The first-order chi connectivity index (χ1) is 7.72. The lowest BCUT2D eigenvalue weighted by Crippen LogP contribution is -2.18. The second-order valence-corrected chi connectivity index (χ2v) is 4.37. The fraction of sp³-hybridized carbons (Fsp3) is 0.400. The van der Waals surface area contributed by atoms with Gasteiger partial charge in [-0.2, -0.15) is 13.2 Å². The minimum absolute atomic E-state index is 0.0311. The lowest BCUT2D eigenvalue weighted by molar-refractivity contribution is -0.136. The van der Waals surface area contributed by atoms with Crippen LogP contribution in [0.25, 0.3) is 0 Å². The Kier molecular flexibility index (Phi) is 4.48. The quantitative estimate of drug-likeness (QED) is 0.660. The van der Waals surface area contributed by atoms with E-state index in [0.29, 0.717) is 0 Å². The van der Waals surface area contributed by atoms with Crippen molar-refractivity contribution in [3.8, 4) is 0 Å². The molecule has 0 radical (unpaired) electrons. The van der Waals surface area contributed by atoms with E-state index in [2.05, 4.69) is 15.9 Å². The molecule has 96 valence electrons. The van der Waals surface area contributed by atoms with Gasteiger partial charge in [-0.15, -0.1) is 0 Å². The van der Waals surface area contributed by atoms with E-state index in [1.807, 2.05) is 0 Å². The van der Waals surface area contributed by atoms with Gasteiger partial charge in [-0.25, -0.2) is 8.78 Å².